The third-order valence-electron chi connectivity index (χ3n) is 6.52. The molecule has 0 radical (unpaired) electrons. The molecule has 1 aromatic heterocycles. The normalized spacial score (nSPS) is 18.2. The summed E-state index contributed by atoms with van der Waals surface area (Å²) in [6.45, 7) is 8.86. The molecule has 5 nitrogen and oxygen atoms in total. The zero-order valence-electron chi connectivity index (χ0n) is 17.0. The van der Waals surface area contributed by atoms with Gasteiger partial charge in [-0.3, -0.25) is 14.4 Å². The Morgan fingerprint density at radius 1 is 1.25 bits per heavy atom. The number of piperidine rings is 1. The molecule has 2 aliphatic rings. The zero-order chi connectivity index (χ0) is 20.1. The Labute approximate surface area is 171 Å². The Balaban J connectivity index is 1.71. The number of aliphatic imine (C=N–C) groups is 1. The van der Waals surface area contributed by atoms with Gasteiger partial charge in [0.05, 0.1) is 28.5 Å². The van der Waals surface area contributed by atoms with E-state index in [2.05, 4.69) is 23.7 Å². The summed E-state index contributed by atoms with van der Waals surface area (Å²) in [5, 5.41) is 0.648. The first kappa shape index (κ1) is 19.2. The largest absolute Gasteiger partial charge is 0.342 e. The SMILES string of the molecule is CCC1(C)CCN(c2nc3c(c(=O)n2C)C(c2cccc(C)c2Cl)=NC3)CC1. The van der Waals surface area contributed by atoms with Crippen LogP contribution in [0.3, 0.4) is 0 Å². The number of benzene rings is 1. The van der Waals surface area contributed by atoms with Gasteiger partial charge in [0.2, 0.25) is 5.95 Å². The number of rotatable bonds is 3. The number of fused-ring (bicyclic) bond motifs is 1. The molecule has 0 spiro atoms. The second kappa shape index (κ2) is 7.03. The smallest absolute Gasteiger partial charge is 0.264 e. The third-order valence-corrected chi connectivity index (χ3v) is 7.02. The maximum Gasteiger partial charge on any atom is 0.264 e. The van der Waals surface area contributed by atoms with Gasteiger partial charge < -0.3 is 4.90 Å². The summed E-state index contributed by atoms with van der Waals surface area (Å²) in [5.74, 6) is 0.758. The molecule has 0 amide bonds. The van der Waals surface area contributed by atoms with Crippen LogP contribution in [0.25, 0.3) is 0 Å². The van der Waals surface area contributed by atoms with Crippen molar-refractivity contribution in [2.45, 2.75) is 46.6 Å². The minimum atomic E-state index is -0.0438. The number of anilines is 1. The minimum absolute atomic E-state index is 0.0438. The highest BCUT2D eigenvalue weighted by Gasteiger charge is 2.32. The Hall–Kier alpha value is -2.14. The summed E-state index contributed by atoms with van der Waals surface area (Å²) in [6, 6.07) is 5.83. The Bertz CT molecular complexity index is 1020. The van der Waals surface area contributed by atoms with E-state index in [0.29, 0.717) is 28.3 Å². The molecular weight excluding hydrogens is 372 g/mol. The molecule has 0 aliphatic carbocycles. The van der Waals surface area contributed by atoms with E-state index in [1.165, 1.54) is 6.42 Å². The van der Waals surface area contributed by atoms with Crippen molar-refractivity contribution < 1.29 is 0 Å². The van der Waals surface area contributed by atoms with Gasteiger partial charge in [-0.15, -0.1) is 0 Å². The van der Waals surface area contributed by atoms with Crippen molar-refractivity contribution >= 4 is 23.3 Å². The van der Waals surface area contributed by atoms with Gasteiger partial charge in [-0.05, 0) is 30.7 Å². The van der Waals surface area contributed by atoms with Crippen LogP contribution >= 0.6 is 11.6 Å². The first-order valence-corrected chi connectivity index (χ1v) is 10.4. The van der Waals surface area contributed by atoms with Crippen LogP contribution in [0.2, 0.25) is 5.02 Å². The fourth-order valence-electron chi connectivity index (χ4n) is 4.15. The van der Waals surface area contributed by atoms with Crippen LogP contribution < -0.4 is 10.5 Å². The molecule has 0 bridgehead atoms. The number of halogens is 1. The lowest BCUT2D eigenvalue weighted by molar-refractivity contribution is 0.236. The van der Waals surface area contributed by atoms with Crippen molar-refractivity contribution in [1.29, 1.82) is 0 Å². The van der Waals surface area contributed by atoms with Gasteiger partial charge in [0.1, 0.15) is 0 Å². The maximum absolute atomic E-state index is 13.3. The summed E-state index contributed by atoms with van der Waals surface area (Å²) in [5.41, 5.74) is 4.15. The van der Waals surface area contributed by atoms with Gasteiger partial charge in [0.15, 0.2) is 0 Å². The van der Waals surface area contributed by atoms with E-state index < -0.39 is 0 Å². The fourth-order valence-corrected chi connectivity index (χ4v) is 4.37. The number of aryl methyl sites for hydroxylation is 1. The molecule has 0 saturated carbocycles. The molecule has 1 saturated heterocycles. The van der Waals surface area contributed by atoms with Crippen LogP contribution in [0.1, 0.15) is 55.5 Å². The highest BCUT2D eigenvalue weighted by Crippen LogP contribution is 2.35. The van der Waals surface area contributed by atoms with Crippen LogP contribution in [0.4, 0.5) is 5.95 Å². The molecule has 0 atom stereocenters. The minimum Gasteiger partial charge on any atom is -0.342 e. The van der Waals surface area contributed by atoms with E-state index in [0.717, 1.165) is 48.7 Å². The topological polar surface area (TPSA) is 50.5 Å². The summed E-state index contributed by atoms with van der Waals surface area (Å²) < 4.78 is 1.68. The van der Waals surface area contributed by atoms with Gasteiger partial charge in [0.25, 0.3) is 5.56 Å². The summed E-state index contributed by atoms with van der Waals surface area (Å²) in [4.78, 5) is 25.0. The second-order valence-corrected chi connectivity index (χ2v) is 8.73. The number of hydrogen-bond donors (Lipinski definition) is 0. The molecule has 148 valence electrons. The van der Waals surface area contributed by atoms with Gasteiger partial charge in [-0.25, -0.2) is 4.98 Å². The predicted octanol–water partition coefficient (Wildman–Crippen LogP) is 4.11. The van der Waals surface area contributed by atoms with Crippen molar-refractivity contribution in [2.75, 3.05) is 18.0 Å². The first-order chi connectivity index (χ1) is 13.3. The predicted molar refractivity (Wildman–Crippen MR) is 115 cm³/mol. The molecule has 6 heteroatoms. The van der Waals surface area contributed by atoms with Gasteiger partial charge >= 0.3 is 0 Å². The Morgan fingerprint density at radius 2 is 1.96 bits per heavy atom. The third kappa shape index (κ3) is 3.06. The molecule has 4 rings (SSSR count). The van der Waals surface area contributed by atoms with Crippen LogP contribution in [-0.4, -0.2) is 28.4 Å². The van der Waals surface area contributed by atoms with Crippen LogP contribution in [-0.2, 0) is 13.6 Å². The first-order valence-electron chi connectivity index (χ1n) is 10.00. The van der Waals surface area contributed by atoms with Crippen LogP contribution in [0.5, 0.6) is 0 Å². The second-order valence-electron chi connectivity index (χ2n) is 8.35. The van der Waals surface area contributed by atoms with Gasteiger partial charge in [-0.2, -0.15) is 0 Å². The molecule has 3 heterocycles. The molecule has 2 aliphatic heterocycles. The fraction of sp³-hybridized carbons (Fsp3) is 0.500. The lowest BCUT2D eigenvalue weighted by Gasteiger charge is -2.39. The Morgan fingerprint density at radius 3 is 2.64 bits per heavy atom. The van der Waals surface area contributed by atoms with E-state index in [4.69, 9.17) is 16.6 Å². The molecular formula is C22H27ClN4O. The van der Waals surface area contributed by atoms with Gasteiger partial charge in [-0.1, -0.05) is 50.1 Å². The summed E-state index contributed by atoms with van der Waals surface area (Å²) in [6.07, 6.45) is 3.43. The van der Waals surface area contributed by atoms with Crippen molar-refractivity contribution in [3.63, 3.8) is 0 Å². The average molecular weight is 399 g/mol. The van der Waals surface area contributed by atoms with E-state index in [9.17, 15) is 4.79 Å². The number of hydrogen-bond acceptors (Lipinski definition) is 4. The molecule has 2 aromatic rings. The summed E-state index contributed by atoms with van der Waals surface area (Å²) >= 11 is 6.51. The van der Waals surface area contributed by atoms with Crippen molar-refractivity contribution in [2.24, 2.45) is 17.5 Å². The highest BCUT2D eigenvalue weighted by molar-refractivity contribution is 6.36. The zero-order valence-corrected chi connectivity index (χ0v) is 17.8. The lowest BCUT2D eigenvalue weighted by Crippen LogP contribution is -2.42. The highest BCUT2D eigenvalue weighted by atomic mass is 35.5. The van der Waals surface area contributed by atoms with E-state index in [-0.39, 0.29) is 5.56 Å². The van der Waals surface area contributed by atoms with E-state index in [1.54, 1.807) is 4.57 Å². The van der Waals surface area contributed by atoms with Crippen molar-refractivity contribution in [1.82, 2.24) is 9.55 Å². The molecule has 28 heavy (non-hydrogen) atoms. The number of aromatic nitrogens is 2. The molecule has 1 aromatic carbocycles. The molecule has 1 fully saturated rings. The number of nitrogens with zero attached hydrogens (tertiary/aromatic N) is 4. The quantitative estimate of drug-likeness (QED) is 0.781. The van der Waals surface area contributed by atoms with Crippen molar-refractivity contribution in [3.05, 3.63) is 56.0 Å². The maximum atomic E-state index is 13.3. The Kier molecular flexibility index (Phi) is 4.82. The van der Waals surface area contributed by atoms with Crippen molar-refractivity contribution in [3.8, 4) is 0 Å². The van der Waals surface area contributed by atoms with Crippen LogP contribution in [0, 0.1) is 12.3 Å². The molecule has 0 N–H and O–H groups in total. The summed E-state index contributed by atoms with van der Waals surface area (Å²) in [7, 11) is 1.81. The van der Waals surface area contributed by atoms with E-state index in [1.807, 2.05) is 32.2 Å². The van der Waals surface area contributed by atoms with E-state index >= 15 is 0 Å². The van der Waals surface area contributed by atoms with Crippen LogP contribution in [0.15, 0.2) is 28.0 Å². The average Bonchev–Trinajstić information content (AvgIpc) is 3.11. The lowest BCUT2D eigenvalue weighted by atomic mass is 9.78. The van der Waals surface area contributed by atoms with Gasteiger partial charge in [0, 0.05) is 25.7 Å². The molecule has 0 unspecified atom stereocenters. The standard InChI is InChI=1S/C22H27ClN4O/c1-5-22(3)9-11-27(12-10-22)21-25-16-13-24-19(17(16)20(28)26(21)4)15-8-6-7-14(2)18(15)23/h6-8H,5,9-13H2,1-4H3. The monoisotopic (exact) mass is 398 g/mol.